The van der Waals surface area contributed by atoms with Crippen LogP contribution >= 0.6 is 11.6 Å². The van der Waals surface area contributed by atoms with Crippen LogP contribution < -0.4 is 29.6 Å². The molecule has 0 saturated heterocycles. The molecule has 8 nitrogen and oxygen atoms in total. The Morgan fingerprint density at radius 1 is 0.958 bits per heavy atom. The summed E-state index contributed by atoms with van der Waals surface area (Å²) in [6.45, 7) is 13.2. The first kappa shape index (κ1) is 23.8. The number of nitro benzene ring substituents is 1. The molecule has 0 radical (unpaired) electrons. The van der Waals surface area contributed by atoms with Crippen LogP contribution in [0.25, 0.3) is 9.69 Å². The van der Waals surface area contributed by atoms with E-state index in [0.29, 0.717) is 16.4 Å². The first-order valence-corrected chi connectivity index (χ1v) is 6.06. The van der Waals surface area contributed by atoms with E-state index in [0.717, 1.165) is 5.34 Å². The third-order valence-corrected chi connectivity index (χ3v) is 2.40. The molecule has 0 heterocycles. The van der Waals surface area contributed by atoms with Crippen LogP contribution in [-0.2, 0) is 0 Å². The van der Waals surface area contributed by atoms with Gasteiger partial charge in [-0.1, -0.05) is 35.9 Å². The number of hydrogen-bond donors (Lipinski definition) is 0. The first-order chi connectivity index (χ1) is 11.0. The van der Waals surface area contributed by atoms with Gasteiger partial charge < -0.3 is 10.1 Å². The Morgan fingerprint density at radius 2 is 1.29 bits per heavy atom. The Labute approximate surface area is 164 Å². The number of halogens is 1. The minimum absolute atomic E-state index is 0. The number of benzene rings is 2. The molecule has 0 unspecified atom stereocenters. The van der Waals surface area contributed by atoms with Gasteiger partial charge in [0.15, 0.2) is 11.4 Å². The van der Waals surface area contributed by atoms with Gasteiger partial charge in [-0.25, -0.2) is 9.69 Å². The zero-order valence-corrected chi connectivity index (χ0v) is 15.2. The summed E-state index contributed by atoms with van der Waals surface area (Å²) in [5.74, 6) is 0. The Bertz CT molecular complexity index is 724. The van der Waals surface area contributed by atoms with Crippen molar-refractivity contribution < 1.29 is 34.5 Å². The molecule has 0 amide bonds. The molecule has 0 aliphatic rings. The largest absolute Gasteiger partial charge is 1.00 e. The molecule has 0 aliphatic carbocycles. The summed E-state index contributed by atoms with van der Waals surface area (Å²) in [5, 5.41) is 19.8. The van der Waals surface area contributed by atoms with Crippen molar-refractivity contribution in [1.82, 2.24) is 0 Å². The van der Waals surface area contributed by atoms with Crippen LogP contribution in [0.1, 0.15) is 0 Å². The van der Waals surface area contributed by atoms with Crippen molar-refractivity contribution in [2.75, 3.05) is 0 Å². The van der Waals surface area contributed by atoms with Gasteiger partial charge in [-0.2, -0.15) is 0 Å². The molecule has 0 N–H and O–H groups in total. The monoisotopic (exact) mass is 354 g/mol. The van der Waals surface area contributed by atoms with Gasteiger partial charge in [-0.15, -0.1) is 5.34 Å². The van der Waals surface area contributed by atoms with Crippen molar-refractivity contribution in [3.63, 3.8) is 0 Å². The number of rotatable bonds is 1. The average Bonchev–Trinajstić information content (AvgIpc) is 2.57. The molecular weight excluding hydrogens is 347 g/mol. The Balaban J connectivity index is 0. The molecule has 0 atom stereocenters. The normalized spacial score (nSPS) is 7.62. The third-order valence-electron chi connectivity index (χ3n) is 2.15. The third kappa shape index (κ3) is 10.3. The predicted molar refractivity (Wildman–Crippen MR) is 86.2 cm³/mol. The van der Waals surface area contributed by atoms with Gasteiger partial charge in [0.25, 0.3) is 5.69 Å². The molecule has 0 aromatic heterocycles. The summed E-state index contributed by atoms with van der Waals surface area (Å²) in [4.78, 5) is 23.9. The fourth-order valence-electron chi connectivity index (χ4n) is 1.16. The van der Waals surface area contributed by atoms with Crippen molar-refractivity contribution in [3.05, 3.63) is 96.6 Å². The zero-order chi connectivity index (χ0) is 17.7. The maximum Gasteiger partial charge on any atom is 1.00 e. The summed E-state index contributed by atoms with van der Waals surface area (Å²) in [6, 6.07) is 12.3. The fraction of sp³-hybridized carbons (Fsp3) is 0. The molecule has 0 fully saturated rings. The van der Waals surface area contributed by atoms with Crippen LogP contribution in [0, 0.1) is 33.4 Å². The van der Waals surface area contributed by atoms with Gasteiger partial charge in [0.05, 0.1) is 18.1 Å². The van der Waals surface area contributed by atoms with Crippen molar-refractivity contribution in [2.24, 2.45) is 5.34 Å². The average molecular weight is 355 g/mol. The second-order valence-corrected chi connectivity index (χ2v) is 3.98. The van der Waals surface area contributed by atoms with Crippen LogP contribution in [-0.4, -0.2) is 4.92 Å². The van der Waals surface area contributed by atoms with Crippen molar-refractivity contribution >= 4 is 28.7 Å². The molecule has 24 heavy (non-hydrogen) atoms. The standard InChI is InChI=1S/C7H4ClN.C7H4N2O2.HNO2.Na/c1-9-7-4-2-6(8)3-5-7;1-8-6-2-4-7(5-3-6)9(10)11;2-1-3;/h2-5H;2-5H;(H,2,3);/q;;;+1/p-1. The van der Waals surface area contributed by atoms with Gasteiger partial charge in [0.1, 0.15) is 0 Å². The van der Waals surface area contributed by atoms with Crippen LogP contribution in [0.15, 0.2) is 53.9 Å². The molecule has 0 aliphatic heterocycles. The van der Waals surface area contributed by atoms with E-state index in [4.69, 9.17) is 34.9 Å². The smallest absolute Gasteiger partial charge is 0.444 e. The number of nitrogens with zero attached hydrogens (tertiary/aromatic N) is 4. The molecule has 116 valence electrons. The van der Waals surface area contributed by atoms with Crippen molar-refractivity contribution in [2.45, 2.75) is 0 Å². The van der Waals surface area contributed by atoms with E-state index in [-0.39, 0.29) is 35.2 Å². The Morgan fingerprint density at radius 3 is 1.58 bits per heavy atom. The van der Waals surface area contributed by atoms with Gasteiger partial charge in [-0.05, 0) is 12.1 Å². The van der Waals surface area contributed by atoms with Gasteiger partial charge in [0.2, 0.25) is 0 Å². The van der Waals surface area contributed by atoms with Crippen molar-refractivity contribution in [1.29, 1.82) is 0 Å². The van der Waals surface area contributed by atoms with Gasteiger partial charge >= 0.3 is 29.6 Å². The first-order valence-electron chi connectivity index (χ1n) is 5.68. The SMILES string of the molecule is O=N[O-].[C-]#[N+]c1ccc(Cl)cc1.[C-]#[N+]c1ccc([N+](=O)[O-])cc1.[Na+]. The van der Waals surface area contributed by atoms with E-state index in [1.54, 1.807) is 24.3 Å². The minimum atomic E-state index is -0.492. The quantitative estimate of drug-likeness (QED) is 0.257. The molecule has 2 rings (SSSR count). The molecule has 0 spiro atoms. The van der Waals surface area contributed by atoms with Crippen LogP contribution in [0.3, 0.4) is 0 Å². The van der Waals surface area contributed by atoms with E-state index < -0.39 is 4.92 Å². The second kappa shape index (κ2) is 14.1. The van der Waals surface area contributed by atoms with E-state index >= 15 is 0 Å². The van der Waals surface area contributed by atoms with Crippen LogP contribution in [0.5, 0.6) is 0 Å². The van der Waals surface area contributed by atoms with Gasteiger partial charge in [-0.3, -0.25) is 10.1 Å². The summed E-state index contributed by atoms with van der Waals surface area (Å²) < 4.78 is 0. The number of nitro groups is 1. The molecule has 10 heteroatoms. The van der Waals surface area contributed by atoms with E-state index in [2.05, 4.69) is 9.69 Å². The van der Waals surface area contributed by atoms with Crippen LogP contribution in [0.4, 0.5) is 17.1 Å². The molecular formula is C14H8ClN4NaO4. The number of hydrogen-bond acceptors (Lipinski definition) is 5. The summed E-state index contributed by atoms with van der Waals surface area (Å²) >= 11 is 5.57. The van der Waals surface area contributed by atoms with E-state index in [1.165, 1.54) is 24.3 Å². The molecule has 2 aromatic carbocycles. The topological polar surface area (TPSA) is 104 Å². The van der Waals surface area contributed by atoms with E-state index in [9.17, 15) is 10.1 Å². The summed E-state index contributed by atoms with van der Waals surface area (Å²) in [5.41, 5.74) is 1.05. The van der Waals surface area contributed by atoms with Gasteiger partial charge in [0, 0.05) is 17.2 Å². The maximum atomic E-state index is 10.1. The van der Waals surface area contributed by atoms with Crippen molar-refractivity contribution in [3.8, 4) is 0 Å². The summed E-state index contributed by atoms with van der Waals surface area (Å²) in [7, 11) is 0. The number of non-ortho nitro benzene ring substituents is 1. The second-order valence-electron chi connectivity index (χ2n) is 3.55. The molecule has 0 saturated carbocycles. The Hall–Kier alpha value is -2.49. The minimum Gasteiger partial charge on any atom is -0.444 e. The van der Waals surface area contributed by atoms with E-state index in [1.807, 2.05) is 0 Å². The maximum absolute atomic E-state index is 10.1. The van der Waals surface area contributed by atoms with Crippen LogP contribution in [0.2, 0.25) is 5.02 Å². The fourth-order valence-corrected chi connectivity index (χ4v) is 1.29. The molecule has 0 bridgehead atoms. The Kier molecular flexibility index (Phi) is 14.0. The molecule has 2 aromatic rings. The predicted octanol–water partition coefficient (Wildman–Crippen LogP) is 2.29. The summed E-state index contributed by atoms with van der Waals surface area (Å²) in [6.07, 6.45) is 0. The zero-order valence-electron chi connectivity index (χ0n) is 12.4.